The smallest absolute Gasteiger partial charge is 0.262 e. The Labute approximate surface area is 178 Å². The van der Waals surface area contributed by atoms with Gasteiger partial charge in [0, 0.05) is 45.0 Å². The Morgan fingerprint density at radius 2 is 1.97 bits per heavy atom. The molecule has 1 aromatic heterocycles. The van der Waals surface area contributed by atoms with E-state index in [1.165, 1.54) is 0 Å². The topological polar surface area (TPSA) is 125 Å². The summed E-state index contributed by atoms with van der Waals surface area (Å²) in [6.45, 7) is 2.61. The third-order valence-corrected chi connectivity index (χ3v) is 6.22. The van der Waals surface area contributed by atoms with Gasteiger partial charge in [-0.2, -0.15) is 5.10 Å². The van der Waals surface area contributed by atoms with E-state index in [1.54, 1.807) is 18.3 Å². The number of nitrogens with zero attached hydrogens (tertiary/aromatic N) is 3. The molecule has 2 aromatic rings. The predicted octanol–water partition coefficient (Wildman–Crippen LogP) is -0.627. The summed E-state index contributed by atoms with van der Waals surface area (Å²) in [6, 6.07) is 6.08. The number of hydrogen-bond donors (Lipinski definition) is 3. The average Bonchev–Trinajstić information content (AvgIpc) is 3.33. The average molecular weight is 422 g/mol. The van der Waals surface area contributed by atoms with Crippen molar-refractivity contribution in [3.05, 3.63) is 53.3 Å². The number of amides is 4. The van der Waals surface area contributed by atoms with Gasteiger partial charge in [0.25, 0.3) is 11.8 Å². The molecule has 10 heteroatoms. The third-order valence-electron chi connectivity index (χ3n) is 6.22. The Morgan fingerprint density at radius 3 is 2.65 bits per heavy atom. The van der Waals surface area contributed by atoms with Crippen molar-refractivity contribution in [2.45, 2.75) is 31.0 Å². The van der Waals surface area contributed by atoms with Crippen LogP contribution in [0.5, 0.6) is 0 Å². The van der Waals surface area contributed by atoms with Crippen LogP contribution in [0.2, 0.25) is 0 Å². The molecule has 2 saturated heterocycles. The first-order valence-corrected chi connectivity index (χ1v) is 10.3. The Bertz CT molecular complexity index is 1080. The highest BCUT2D eigenvalue weighted by molar-refractivity contribution is 6.24. The van der Waals surface area contributed by atoms with E-state index in [2.05, 4.69) is 21.0 Å². The molecule has 0 radical (unpaired) electrons. The summed E-state index contributed by atoms with van der Waals surface area (Å²) in [5, 5.41) is 13.2. The molecule has 0 saturated carbocycles. The number of benzene rings is 1. The molecule has 2 fully saturated rings. The summed E-state index contributed by atoms with van der Waals surface area (Å²) in [5.41, 5.74) is 1.15. The highest BCUT2D eigenvalue weighted by atomic mass is 16.2. The lowest BCUT2D eigenvalue weighted by molar-refractivity contribution is -0.136. The van der Waals surface area contributed by atoms with E-state index in [9.17, 15) is 19.2 Å². The van der Waals surface area contributed by atoms with E-state index in [0.29, 0.717) is 29.8 Å². The predicted molar refractivity (Wildman–Crippen MR) is 108 cm³/mol. The molecule has 1 aromatic carbocycles. The first kappa shape index (κ1) is 19.6. The molecule has 10 nitrogen and oxygen atoms in total. The van der Waals surface area contributed by atoms with Crippen molar-refractivity contribution >= 4 is 23.6 Å². The van der Waals surface area contributed by atoms with E-state index in [4.69, 9.17) is 0 Å². The maximum Gasteiger partial charge on any atom is 0.262 e. The van der Waals surface area contributed by atoms with Gasteiger partial charge in [0.2, 0.25) is 11.8 Å². The summed E-state index contributed by atoms with van der Waals surface area (Å²) in [6.07, 6.45) is 3.92. The second-order valence-corrected chi connectivity index (χ2v) is 8.17. The van der Waals surface area contributed by atoms with Crippen LogP contribution in [0.4, 0.5) is 0 Å². The van der Waals surface area contributed by atoms with Crippen LogP contribution < -0.4 is 16.0 Å². The molecular formula is C21H22N6O4. The largest absolute Gasteiger partial charge is 0.312 e. The number of fused-ring (bicyclic) bond motifs is 1. The van der Waals surface area contributed by atoms with Crippen LogP contribution in [-0.4, -0.2) is 64.0 Å². The van der Waals surface area contributed by atoms with Crippen molar-refractivity contribution in [3.63, 3.8) is 0 Å². The number of piperidine rings is 1. The van der Waals surface area contributed by atoms with Crippen molar-refractivity contribution < 1.29 is 19.2 Å². The fourth-order valence-electron chi connectivity index (χ4n) is 4.49. The van der Waals surface area contributed by atoms with Gasteiger partial charge >= 0.3 is 0 Å². The Hall–Kier alpha value is -3.37. The summed E-state index contributed by atoms with van der Waals surface area (Å²) < 4.78 is 1.94. The van der Waals surface area contributed by atoms with E-state index < -0.39 is 23.8 Å². The molecule has 0 bridgehead atoms. The van der Waals surface area contributed by atoms with Gasteiger partial charge in [0.05, 0.1) is 16.7 Å². The zero-order valence-corrected chi connectivity index (χ0v) is 16.8. The van der Waals surface area contributed by atoms with Crippen LogP contribution >= 0.6 is 0 Å². The second-order valence-electron chi connectivity index (χ2n) is 8.17. The fraction of sp³-hybridized carbons (Fsp3) is 0.381. The normalized spacial score (nSPS) is 22.3. The molecule has 160 valence electrons. The van der Waals surface area contributed by atoms with Crippen molar-refractivity contribution in [1.29, 1.82) is 0 Å². The molecule has 0 spiro atoms. The van der Waals surface area contributed by atoms with Gasteiger partial charge in [-0.3, -0.25) is 34.1 Å². The van der Waals surface area contributed by atoms with Gasteiger partial charge < -0.3 is 10.6 Å². The zero-order chi connectivity index (χ0) is 21.6. The second kappa shape index (κ2) is 7.40. The number of aromatic nitrogens is 2. The quantitative estimate of drug-likeness (QED) is 0.530. The summed E-state index contributed by atoms with van der Waals surface area (Å²) >= 11 is 0. The van der Waals surface area contributed by atoms with Crippen molar-refractivity contribution in [3.8, 4) is 0 Å². The first-order valence-electron chi connectivity index (χ1n) is 10.3. The van der Waals surface area contributed by atoms with Gasteiger partial charge in [-0.05, 0) is 24.1 Å². The maximum absolute atomic E-state index is 13.2. The van der Waals surface area contributed by atoms with E-state index in [-0.39, 0.29) is 24.3 Å². The van der Waals surface area contributed by atoms with Crippen molar-refractivity contribution in [2.24, 2.45) is 0 Å². The summed E-state index contributed by atoms with van der Waals surface area (Å²) in [7, 11) is 0. The van der Waals surface area contributed by atoms with Crippen LogP contribution in [0.1, 0.15) is 39.1 Å². The molecule has 5 rings (SSSR count). The monoisotopic (exact) mass is 422 g/mol. The minimum absolute atomic E-state index is 0.0990. The lowest BCUT2D eigenvalue weighted by Crippen LogP contribution is -2.65. The molecule has 1 unspecified atom stereocenters. The van der Waals surface area contributed by atoms with Crippen molar-refractivity contribution in [1.82, 2.24) is 30.6 Å². The molecule has 0 aliphatic carbocycles. The molecule has 1 atom stereocenters. The molecule has 4 amide bonds. The van der Waals surface area contributed by atoms with Crippen LogP contribution in [-0.2, 0) is 21.7 Å². The minimum Gasteiger partial charge on any atom is -0.312 e. The van der Waals surface area contributed by atoms with E-state index in [1.807, 2.05) is 23.0 Å². The summed E-state index contributed by atoms with van der Waals surface area (Å²) in [4.78, 5) is 50.8. The number of carbonyl (C=O) groups excluding carboxylic acids is 4. The standard InChI is InChI=1S/C21H22N6O4/c28-16-6-5-15(18(29)25-16)27-19(30)14-4-1-3-13(17(14)20(27)31)9-22-10-21(11-23-12-21)26-8-2-7-24-26/h1-4,7-8,15,22-23H,5-6,9-12H2,(H,25,28,29). The fourth-order valence-corrected chi connectivity index (χ4v) is 4.49. The first-order chi connectivity index (χ1) is 15.0. The van der Waals surface area contributed by atoms with Crippen LogP contribution in [0, 0.1) is 0 Å². The number of nitrogens with one attached hydrogen (secondary N) is 3. The molecule has 3 N–H and O–H groups in total. The lowest BCUT2D eigenvalue weighted by Gasteiger charge is -2.43. The van der Waals surface area contributed by atoms with Crippen LogP contribution in [0.3, 0.4) is 0 Å². The summed E-state index contributed by atoms with van der Waals surface area (Å²) in [5.74, 6) is -1.98. The Balaban J connectivity index is 1.34. The van der Waals surface area contributed by atoms with Crippen molar-refractivity contribution in [2.75, 3.05) is 19.6 Å². The number of rotatable bonds is 6. The maximum atomic E-state index is 13.2. The Kier molecular flexibility index (Phi) is 4.67. The molecule has 4 heterocycles. The van der Waals surface area contributed by atoms with Gasteiger partial charge in [-0.25, -0.2) is 0 Å². The molecular weight excluding hydrogens is 400 g/mol. The van der Waals surface area contributed by atoms with E-state index >= 15 is 0 Å². The van der Waals surface area contributed by atoms with Crippen LogP contribution in [0.15, 0.2) is 36.7 Å². The SMILES string of the molecule is O=C1CCC(N2C(=O)c3cccc(CNCC4(n5cccn5)CNC4)c3C2=O)C(=O)N1. The number of hydrogen-bond acceptors (Lipinski definition) is 7. The third kappa shape index (κ3) is 3.15. The lowest BCUT2D eigenvalue weighted by atomic mass is 9.92. The highest BCUT2D eigenvalue weighted by Crippen LogP contribution is 2.30. The van der Waals surface area contributed by atoms with Gasteiger partial charge in [0.15, 0.2) is 0 Å². The van der Waals surface area contributed by atoms with Crippen LogP contribution in [0.25, 0.3) is 0 Å². The van der Waals surface area contributed by atoms with Gasteiger partial charge in [-0.1, -0.05) is 12.1 Å². The Morgan fingerprint density at radius 1 is 1.13 bits per heavy atom. The number of imide groups is 2. The molecule has 31 heavy (non-hydrogen) atoms. The number of carbonyl (C=O) groups is 4. The molecule has 3 aliphatic heterocycles. The zero-order valence-electron chi connectivity index (χ0n) is 16.8. The highest BCUT2D eigenvalue weighted by Gasteiger charge is 2.45. The van der Waals surface area contributed by atoms with Gasteiger partial charge in [0.1, 0.15) is 6.04 Å². The minimum atomic E-state index is -0.963. The van der Waals surface area contributed by atoms with E-state index in [0.717, 1.165) is 18.0 Å². The van der Waals surface area contributed by atoms with Gasteiger partial charge in [-0.15, -0.1) is 0 Å². The molecule has 3 aliphatic rings.